The number of hydrogen-bond acceptors (Lipinski definition) is 6. The van der Waals surface area contributed by atoms with Crippen LogP contribution in [-0.2, 0) is 9.53 Å². The zero-order valence-electron chi connectivity index (χ0n) is 18.2. The van der Waals surface area contributed by atoms with Crippen LogP contribution < -0.4 is 10.2 Å². The minimum Gasteiger partial charge on any atom is -0.378 e. The van der Waals surface area contributed by atoms with Crippen LogP contribution in [0.1, 0.15) is 24.9 Å². The first kappa shape index (κ1) is 23.5. The highest BCUT2D eigenvalue weighted by Gasteiger charge is 2.23. The van der Waals surface area contributed by atoms with Gasteiger partial charge in [-0.1, -0.05) is 48.5 Å². The van der Waals surface area contributed by atoms with Gasteiger partial charge in [0.1, 0.15) is 5.82 Å². The molecule has 1 aliphatic heterocycles. The molecule has 7 nitrogen and oxygen atoms in total. The van der Waals surface area contributed by atoms with Crippen molar-refractivity contribution in [3.63, 3.8) is 0 Å². The topological polar surface area (TPSA) is 72.3 Å². The number of aromatic nitrogens is 3. The van der Waals surface area contributed by atoms with E-state index in [2.05, 4.69) is 20.4 Å². The zero-order valence-corrected chi connectivity index (χ0v) is 19.8. The van der Waals surface area contributed by atoms with E-state index in [9.17, 15) is 9.18 Å². The molecule has 1 amide bonds. The van der Waals surface area contributed by atoms with Gasteiger partial charge in [-0.05, 0) is 42.3 Å². The van der Waals surface area contributed by atoms with Gasteiger partial charge in [0.15, 0.2) is 5.16 Å². The summed E-state index contributed by atoms with van der Waals surface area (Å²) in [5.74, 6) is 0.292. The van der Waals surface area contributed by atoms with Crippen molar-refractivity contribution >= 4 is 35.2 Å². The molecule has 1 unspecified atom stereocenters. The van der Waals surface area contributed by atoms with E-state index in [1.54, 1.807) is 16.7 Å². The zero-order chi connectivity index (χ0) is 23.2. The molecule has 0 spiro atoms. The quantitative estimate of drug-likeness (QED) is 0.477. The van der Waals surface area contributed by atoms with Gasteiger partial charge in [0, 0.05) is 18.1 Å². The van der Waals surface area contributed by atoms with Crippen molar-refractivity contribution in [2.75, 3.05) is 37.0 Å². The normalized spacial score (nSPS) is 14.8. The summed E-state index contributed by atoms with van der Waals surface area (Å²) < 4.78 is 21.2. The number of nitrogens with zero attached hydrogens (tertiary/aromatic N) is 4. The summed E-state index contributed by atoms with van der Waals surface area (Å²) in [4.78, 5) is 14.8. The third-order valence-corrected chi connectivity index (χ3v) is 6.51. The van der Waals surface area contributed by atoms with Crippen molar-refractivity contribution in [1.29, 1.82) is 0 Å². The SMILES string of the molecule is CCC(NC(=O)CSc1nnc(N2CCOCC2)n1-c1cccc(F)c1)c1ccc(Cl)cc1. The Labute approximate surface area is 201 Å². The number of hydrogen-bond donors (Lipinski definition) is 1. The smallest absolute Gasteiger partial charge is 0.232 e. The lowest BCUT2D eigenvalue weighted by Crippen LogP contribution is -2.37. The highest BCUT2D eigenvalue weighted by atomic mass is 35.5. The van der Waals surface area contributed by atoms with Gasteiger partial charge in [-0.3, -0.25) is 9.36 Å². The van der Waals surface area contributed by atoms with Gasteiger partial charge in [0.2, 0.25) is 11.9 Å². The van der Waals surface area contributed by atoms with Gasteiger partial charge < -0.3 is 15.0 Å². The first-order chi connectivity index (χ1) is 16.0. The number of carbonyl (C=O) groups excluding carboxylic acids is 1. The Kier molecular flexibility index (Phi) is 7.85. The predicted molar refractivity (Wildman–Crippen MR) is 128 cm³/mol. The lowest BCUT2D eigenvalue weighted by Gasteiger charge is -2.27. The number of morpholine rings is 1. The lowest BCUT2D eigenvalue weighted by molar-refractivity contribution is -0.119. The minimum absolute atomic E-state index is 0.111. The third-order valence-electron chi connectivity index (χ3n) is 5.32. The molecule has 0 aliphatic carbocycles. The molecule has 1 fully saturated rings. The summed E-state index contributed by atoms with van der Waals surface area (Å²) in [7, 11) is 0. The number of anilines is 1. The monoisotopic (exact) mass is 489 g/mol. The number of rotatable bonds is 8. The fourth-order valence-electron chi connectivity index (χ4n) is 3.65. The van der Waals surface area contributed by atoms with Gasteiger partial charge in [0.05, 0.1) is 30.7 Å². The summed E-state index contributed by atoms with van der Waals surface area (Å²) in [6.07, 6.45) is 0.749. The standard InChI is InChI=1S/C23H25ClFN5O2S/c1-2-20(16-6-8-17(24)9-7-16)26-21(31)15-33-23-28-27-22(29-10-12-32-13-11-29)30(23)19-5-3-4-18(25)14-19/h3-9,14,20H,2,10-13,15H2,1H3,(H,26,31). The van der Waals surface area contributed by atoms with Crippen molar-refractivity contribution in [1.82, 2.24) is 20.1 Å². The van der Waals surface area contributed by atoms with Crippen molar-refractivity contribution in [3.8, 4) is 5.69 Å². The molecule has 0 saturated carbocycles. The lowest BCUT2D eigenvalue weighted by atomic mass is 10.0. The number of benzene rings is 2. The predicted octanol–water partition coefficient (Wildman–Crippen LogP) is 4.26. The summed E-state index contributed by atoms with van der Waals surface area (Å²) in [5, 5.41) is 12.9. The van der Waals surface area contributed by atoms with E-state index < -0.39 is 0 Å². The average molecular weight is 490 g/mol. The highest BCUT2D eigenvalue weighted by Crippen LogP contribution is 2.28. The molecule has 2 heterocycles. The van der Waals surface area contributed by atoms with E-state index >= 15 is 0 Å². The number of carbonyl (C=O) groups is 1. The fourth-order valence-corrected chi connectivity index (χ4v) is 4.53. The number of halogens is 2. The molecule has 2 aromatic carbocycles. The Morgan fingerprint density at radius 1 is 1.21 bits per heavy atom. The Bertz CT molecular complexity index is 1090. The Morgan fingerprint density at radius 3 is 2.67 bits per heavy atom. The second-order valence-electron chi connectivity index (χ2n) is 7.57. The molecule has 10 heteroatoms. The van der Waals surface area contributed by atoms with Crippen molar-refractivity contribution in [2.24, 2.45) is 0 Å². The maximum atomic E-state index is 14.0. The molecule has 1 aromatic heterocycles. The molecule has 1 aliphatic rings. The van der Waals surface area contributed by atoms with Crippen LogP contribution in [0.15, 0.2) is 53.7 Å². The highest BCUT2D eigenvalue weighted by molar-refractivity contribution is 7.99. The van der Waals surface area contributed by atoms with E-state index in [0.717, 1.165) is 12.0 Å². The summed E-state index contributed by atoms with van der Waals surface area (Å²) >= 11 is 7.24. The summed E-state index contributed by atoms with van der Waals surface area (Å²) in [6, 6.07) is 13.6. The molecule has 33 heavy (non-hydrogen) atoms. The van der Waals surface area contributed by atoms with Crippen LogP contribution in [-0.4, -0.2) is 52.7 Å². The molecule has 4 rings (SSSR count). The van der Waals surface area contributed by atoms with Crippen LogP contribution in [0.3, 0.4) is 0 Å². The van der Waals surface area contributed by atoms with Gasteiger partial charge in [-0.15, -0.1) is 10.2 Å². The fraction of sp³-hybridized carbons (Fsp3) is 0.348. The van der Waals surface area contributed by atoms with Crippen LogP contribution in [0.2, 0.25) is 5.02 Å². The van der Waals surface area contributed by atoms with Crippen LogP contribution in [0.4, 0.5) is 10.3 Å². The molecule has 1 N–H and O–H groups in total. The Balaban J connectivity index is 1.50. The largest absolute Gasteiger partial charge is 0.378 e. The van der Waals surface area contributed by atoms with Gasteiger partial charge in [-0.25, -0.2) is 4.39 Å². The molecule has 0 bridgehead atoms. The number of amides is 1. The van der Waals surface area contributed by atoms with Crippen LogP contribution in [0.5, 0.6) is 0 Å². The molecule has 1 atom stereocenters. The maximum Gasteiger partial charge on any atom is 0.232 e. The van der Waals surface area contributed by atoms with Crippen LogP contribution in [0.25, 0.3) is 5.69 Å². The van der Waals surface area contributed by atoms with Crippen LogP contribution in [0, 0.1) is 5.82 Å². The van der Waals surface area contributed by atoms with Gasteiger partial charge in [0.25, 0.3) is 0 Å². The summed E-state index contributed by atoms with van der Waals surface area (Å²) in [5.41, 5.74) is 1.61. The first-order valence-corrected chi connectivity index (χ1v) is 12.1. The van der Waals surface area contributed by atoms with Crippen molar-refractivity contribution < 1.29 is 13.9 Å². The van der Waals surface area contributed by atoms with Gasteiger partial charge in [-0.2, -0.15) is 0 Å². The molecular formula is C23H25ClFN5O2S. The molecule has 174 valence electrons. The second kappa shape index (κ2) is 11.0. The second-order valence-corrected chi connectivity index (χ2v) is 8.94. The van der Waals surface area contributed by atoms with Crippen molar-refractivity contribution in [3.05, 3.63) is 64.9 Å². The van der Waals surface area contributed by atoms with Crippen molar-refractivity contribution in [2.45, 2.75) is 24.5 Å². The van der Waals surface area contributed by atoms with E-state index in [0.29, 0.717) is 48.1 Å². The van der Waals surface area contributed by atoms with E-state index in [-0.39, 0.29) is 23.5 Å². The Hall–Kier alpha value is -2.62. The van der Waals surface area contributed by atoms with E-state index in [4.69, 9.17) is 16.3 Å². The third kappa shape index (κ3) is 5.85. The number of ether oxygens (including phenoxy) is 1. The molecular weight excluding hydrogens is 465 g/mol. The number of nitrogens with one attached hydrogen (secondary N) is 1. The minimum atomic E-state index is -0.350. The van der Waals surface area contributed by atoms with Gasteiger partial charge >= 0.3 is 0 Å². The molecule has 3 aromatic rings. The Morgan fingerprint density at radius 2 is 1.97 bits per heavy atom. The van der Waals surface area contributed by atoms with Crippen LogP contribution >= 0.6 is 23.4 Å². The summed E-state index contributed by atoms with van der Waals surface area (Å²) in [6.45, 7) is 4.52. The van der Waals surface area contributed by atoms with E-state index in [1.165, 1.54) is 23.9 Å². The maximum absolute atomic E-state index is 14.0. The van der Waals surface area contributed by atoms with E-state index in [1.807, 2.05) is 31.2 Å². The average Bonchev–Trinajstić information content (AvgIpc) is 3.26. The molecule has 0 radical (unpaired) electrons. The first-order valence-electron chi connectivity index (χ1n) is 10.8. The number of thioether (sulfide) groups is 1. The molecule has 1 saturated heterocycles.